The van der Waals surface area contributed by atoms with E-state index in [2.05, 4.69) is 9.98 Å². The van der Waals surface area contributed by atoms with Crippen molar-refractivity contribution in [2.24, 2.45) is 9.98 Å². The first-order chi connectivity index (χ1) is 13.6. The second-order valence-corrected chi connectivity index (χ2v) is 5.44. The number of carbonyl (C=O) groups excluding carboxylic acids is 4. The van der Waals surface area contributed by atoms with E-state index in [-0.39, 0.29) is 25.9 Å². The highest BCUT2D eigenvalue weighted by Gasteiger charge is 2.07. The van der Waals surface area contributed by atoms with Gasteiger partial charge in [-0.1, -0.05) is 24.3 Å². The molecule has 0 radical (unpaired) electrons. The van der Waals surface area contributed by atoms with Crippen molar-refractivity contribution in [2.75, 3.05) is 13.1 Å². The summed E-state index contributed by atoms with van der Waals surface area (Å²) in [5.41, 5.74) is 1.76. The predicted octanol–water partition coefficient (Wildman–Crippen LogP) is 2.62. The van der Waals surface area contributed by atoms with Gasteiger partial charge in [-0.3, -0.25) is 9.59 Å². The van der Waals surface area contributed by atoms with Gasteiger partial charge in [0.25, 0.3) is 0 Å². The van der Waals surface area contributed by atoms with E-state index in [1.54, 1.807) is 48.5 Å². The maximum atomic E-state index is 11.6. The minimum atomic E-state index is -0.489. The van der Waals surface area contributed by atoms with Crippen LogP contribution in [-0.4, -0.2) is 37.2 Å². The van der Waals surface area contributed by atoms with Crippen LogP contribution in [0.5, 0.6) is 11.5 Å². The van der Waals surface area contributed by atoms with Crippen molar-refractivity contribution in [2.45, 2.75) is 12.8 Å². The van der Waals surface area contributed by atoms with Crippen molar-refractivity contribution < 1.29 is 28.7 Å². The Labute approximate surface area is 160 Å². The molecule has 0 fully saturated rings. The van der Waals surface area contributed by atoms with Gasteiger partial charge in [0.1, 0.15) is 11.5 Å². The van der Waals surface area contributed by atoms with Crippen LogP contribution in [-0.2, 0) is 19.2 Å². The number of benzene rings is 2. The first-order valence-electron chi connectivity index (χ1n) is 8.31. The number of ether oxygens (including phenoxy) is 2. The summed E-state index contributed by atoms with van der Waals surface area (Å²) in [6, 6.07) is 13.7. The number of esters is 2. The largest absolute Gasteiger partial charge is 0.426 e. The maximum absolute atomic E-state index is 11.6. The average molecular weight is 380 g/mol. The third-order valence-corrected chi connectivity index (χ3v) is 3.49. The first kappa shape index (κ1) is 20.5. The van der Waals surface area contributed by atoms with Gasteiger partial charge in [-0.25, -0.2) is 19.6 Å². The average Bonchev–Trinajstić information content (AvgIpc) is 2.70. The molecule has 2 rings (SSSR count). The van der Waals surface area contributed by atoms with Gasteiger partial charge in [-0.05, 0) is 35.4 Å². The van der Waals surface area contributed by atoms with Crippen molar-refractivity contribution in [1.82, 2.24) is 0 Å². The zero-order valence-electron chi connectivity index (χ0n) is 14.8. The van der Waals surface area contributed by atoms with Gasteiger partial charge >= 0.3 is 11.9 Å². The molecule has 8 heteroatoms. The molecule has 142 valence electrons. The van der Waals surface area contributed by atoms with E-state index < -0.39 is 11.9 Å². The summed E-state index contributed by atoms with van der Waals surface area (Å²) in [5.74, 6) is -0.215. The second-order valence-electron chi connectivity index (χ2n) is 5.44. The Morgan fingerprint density at radius 3 is 1.36 bits per heavy atom. The molecule has 28 heavy (non-hydrogen) atoms. The fraction of sp³-hybridized carbons (Fsp3) is 0.200. The van der Waals surface area contributed by atoms with Crippen LogP contribution in [0.25, 0.3) is 11.1 Å². The lowest BCUT2D eigenvalue weighted by atomic mass is 10.1. The molecule has 0 N–H and O–H groups in total. The van der Waals surface area contributed by atoms with Gasteiger partial charge in [0.2, 0.25) is 12.2 Å². The third-order valence-electron chi connectivity index (χ3n) is 3.49. The number of aliphatic imine (C=N–C) groups is 2. The number of carbonyl (C=O) groups is 2. The molecule has 0 spiro atoms. The van der Waals surface area contributed by atoms with E-state index >= 15 is 0 Å². The smallest absolute Gasteiger partial charge is 0.313 e. The summed E-state index contributed by atoms with van der Waals surface area (Å²) in [6.07, 6.45) is 2.72. The monoisotopic (exact) mass is 380 g/mol. The summed E-state index contributed by atoms with van der Waals surface area (Å²) in [5, 5.41) is 0. The van der Waals surface area contributed by atoms with E-state index in [9.17, 15) is 19.2 Å². The summed E-state index contributed by atoms with van der Waals surface area (Å²) >= 11 is 0. The molecule has 0 heterocycles. The number of hydrogen-bond acceptors (Lipinski definition) is 8. The zero-order valence-corrected chi connectivity index (χ0v) is 14.8. The summed E-state index contributed by atoms with van der Waals surface area (Å²) < 4.78 is 10.3. The molecule has 2 aromatic rings. The van der Waals surface area contributed by atoms with Crippen LogP contribution in [0.1, 0.15) is 12.8 Å². The van der Waals surface area contributed by atoms with Crippen molar-refractivity contribution in [3.8, 4) is 22.6 Å². The SMILES string of the molecule is O=C=NCCC(=O)Oc1ccc(-c2ccc(OC(=O)CCN=C=O)cc2)cc1. The van der Waals surface area contributed by atoms with Crippen molar-refractivity contribution in [1.29, 1.82) is 0 Å². The molecule has 8 nitrogen and oxygen atoms in total. The molecule has 0 amide bonds. The molecule has 0 atom stereocenters. The standard InChI is InChI=1S/C20H16N2O6/c23-13-21-11-9-19(25)27-17-5-1-15(2-6-17)16-3-7-18(8-4-16)28-20(26)10-12-22-14-24/h1-8H,9-12H2. The van der Waals surface area contributed by atoms with Crippen LogP contribution < -0.4 is 9.47 Å². The summed E-state index contributed by atoms with van der Waals surface area (Å²) in [4.78, 5) is 49.6. The molecule has 0 bridgehead atoms. The lowest BCUT2D eigenvalue weighted by molar-refractivity contribution is -0.135. The Morgan fingerprint density at radius 2 is 1.04 bits per heavy atom. The molecular formula is C20H16N2O6. The Morgan fingerprint density at radius 1 is 0.679 bits per heavy atom. The van der Waals surface area contributed by atoms with E-state index in [1.165, 1.54) is 12.2 Å². The fourth-order valence-corrected chi connectivity index (χ4v) is 2.18. The minimum Gasteiger partial charge on any atom is -0.426 e. The lowest BCUT2D eigenvalue weighted by Gasteiger charge is -2.07. The van der Waals surface area contributed by atoms with Crippen molar-refractivity contribution >= 4 is 24.1 Å². The normalized spacial score (nSPS) is 9.57. The van der Waals surface area contributed by atoms with E-state index in [1.807, 2.05) is 0 Å². The van der Waals surface area contributed by atoms with Crippen LogP contribution in [0.3, 0.4) is 0 Å². The number of isocyanates is 2. The molecule has 0 saturated heterocycles. The molecule has 0 saturated carbocycles. The quantitative estimate of drug-likeness (QED) is 0.286. The van der Waals surface area contributed by atoms with Crippen LogP contribution >= 0.6 is 0 Å². The van der Waals surface area contributed by atoms with Gasteiger partial charge in [0, 0.05) is 0 Å². The third kappa shape index (κ3) is 6.80. The van der Waals surface area contributed by atoms with Gasteiger partial charge < -0.3 is 9.47 Å². The minimum absolute atomic E-state index is 0.00132. The van der Waals surface area contributed by atoms with Gasteiger partial charge in [-0.15, -0.1) is 0 Å². The highest BCUT2D eigenvalue weighted by molar-refractivity contribution is 5.74. The topological polar surface area (TPSA) is 111 Å². The van der Waals surface area contributed by atoms with Gasteiger partial charge in [0.05, 0.1) is 25.9 Å². The molecule has 0 unspecified atom stereocenters. The van der Waals surface area contributed by atoms with Crippen molar-refractivity contribution in [3.63, 3.8) is 0 Å². The number of nitrogens with zero attached hydrogens (tertiary/aromatic N) is 2. The maximum Gasteiger partial charge on any atom is 0.313 e. The van der Waals surface area contributed by atoms with Gasteiger partial charge in [0.15, 0.2) is 0 Å². The highest BCUT2D eigenvalue weighted by atomic mass is 16.5. The van der Waals surface area contributed by atoms with E-state index in [0.29, 0.717) is 11.5 Å². The number of rotatable bonds is 9. The Kier molecular flexibility index (Phi) is 8.02. The summed E-state index contributed by atoms with van der Waals surface area (Å²) in [7, 11) is 0. The second kappa shape index (κ2) is 11.0. The highest BCUT2D eigenvalue weighted by Crippen LogP contribution is 2.25. The predicted molar refractivity (Wildman–Crippen MR) is 98.4 cm³/mol. The Hall–Kier alpha value is -3.86. The molecular weight excluding hydrogens is 364 g/mol. The first-order valence-corrected chi connectivity index (χ1v) is 8.31. The summed E-state index contributed by atoms with van der Waals surface area (Å²) in [6.45, 7) is 0.0866. The Bertz CT molecular complexity index is 831. The molecule has 0 aliphatic rings. The van der Waals surface area contributed by atoms with Crippen LogP contribution in [0.15, 0.2) is 58.5 Å². The molecule has 0 aliphatic carbocycles. The van der Waals surface area contributed by atoms with Gasteiger partial charge in [-0.2, -0.15) is 0 Å². The van der Waals surface area contributed by atoms with E-state index in [0.717, 1.165) is 11.1 Å². The van der Waals surface area contributed by atoms with Crippen LogP contribution in [0.2, 0.25) is 0 Å². The number of hydrogen-bond donors (Lipinski definition) is 0. The Balaban J connectivity index is 1.92. The fourth-order valence-electron chi connectivity index (χ4n) is 2.18. The lowest BCUT2D eigenvalue weighted by Crippen LogP contribution is -2.09. The van der Waals surface area contributed by atoms with E-state index in [4.69, 9.17) is 9.47 Å². The molecule has 0 aliphatic heterocycles. The van der Waals surface area contributed by atoms with Crippen LogP contribution in [0.4, 0.5) is 0 Å². The molecule has 0 aromatic heterocycles. The molecule has 2 aromatic carbocycles. The zero-order chi connectivity index (χ0) is 20.2. The van der Waals surface area contributed by atoms with Crippen molar-refractivity contribution in [3.05, 3.63) is 48.5 Å². The van der Waals surface area contributed by atoms with Crippen LogP contribution in [0, 0.1) is 0 Å².